The molecule has 3 nitrogen and oxygen atoms in total. The van der Waals surface area contributed by atoms with Gasteiger partial charge in [-0.1, -0.05) is 17.7 Å². The molecule has 1 aromatic carbocycles. The van der Waals surface area contributed by atoms with Crippen molar-refractivity contribution in [1.29, 1.82) is 0 Å². The second-order valence-corrected chi connectivity index (χ2v) is 4.82. The highest BCUT2D eigenvalue weighted by Gasteiger charge is 2.04. The van der Waals surface area contributed by atoms with Crippen molar-refractivity contribution in [2.24, 2.45) is 0 Å². The molecule has 1 aromatic heterocycles. The largest absolute Gasteiger partial charge is 0.399 e. The standard InChI is InChI=1S/C14H16ClN3/c1-18(10-14-4-2-3-5-17-14)9-11-6-12(15)8-13(16)7-11/h2-8H,9-10,16H2,1H3. The Kier molecular flexibility index (Phi) is 4.18. The number of aromatic nitrogens is 1. The van der Waals surface area contributed by atoms with E-state index in [-0.39, 0.29) is 0 Å². The van der Waals surface area contributed by atoms with Crippen LogP contribution in [0.1, 0.15) is 11.3 Å². The highest BCUT2D eigenvalue weighted by Crippen LogP contribution is 2.18. The number of benzene rings is 1. The van der Waals surface area contributed by atoms with Gasteiger partial charge in [-0.05, 0) is 42.9 Å². The van der Waals surface area contributed by atoms with Crippen LogP contribution in [0.3, 0.4) is 0 Å². The third kappa shape index (κ3) is 3.72. The first-order valence-electron chi connectivity index (χ1n) is 5.77. The molecule has 2 N–H and O–H groups in total. The van der Waals surface area contributed by atoms with Gasteiger partial charge in [-0.15, -0.1) is 0 Å². The minimum absolute atomic E-state index is 0.677. The lowest BCUT2D eigenvalue weighted by Crippen LogP contribution is -2.18. The van der Waals surface area contributed by atoms with Crippen LogP contribution >= 0.6 is 11.6 Å². The summed E-state index contributed by atoms with van der Waals surface area (Å²) in [6.07, 6.45) is 1.81. The number of nitrogens with two attached hydrogens (primary N) is 1. The van der Waals surface area contributed by atoms with E-state index in [0.29, 0.717) is 10.7 Å². The van der Waals surface area contributed by atoms with Gasteiger partial charge in [0.05, 0.1) is 5.69 Å². The van der Waals surface area contributed by atoms with Crippen LogP contribution in [-0.2, 0) is 13.1 Å². The van der Waals surface area contributed by atoms with E-state index in [4.69, 9.17) is 17.3 Å². The first-order valence-corrected chi connectivity index (χ1v) is 6.14. The predicted octanol–water partition coefficient (Wildman–Crippen LogP) is 2.95. The van der Waals surface area contributed by atoms with Gasteiger partial charge >= 0.3 is 0 Å². The van der Waals surface area contributed by atoms with Crippen molar-refractivity contribution >= 4 is 17.3 Å². The van der Waals surface area contributed by atoms with Crippen molar-refractivity contribution in [1.82, 2.24) is 9.88 Å². The number of nitrogens with zero attached hydrogens (tertiary/aromatic N) is 2. The van der Waals surface area contributed by atoms with E-state index in [9.17, 15) is 0 Å². The van der Waals surface area contributed by atoms with E-state index >= 15 is 0 Å². The fourth-order valence-electron chi connectivity index (χ4n) is 1.90. The summed E-state index contributed by atoms with van der Waals surface area (Å²) in [4.78, 5) is 6.48. The lowest BCUT2D eigenvalue weighted by molar-refractivity contribution is 0.315. The zero-order valence-corrected chi connectivity index (χ0v) is 11.1. The summed E-state index contributed by atoms with van der Waals surface area (Å²) in [5, 5.41) is 0.677. The van der Waals surface area contributed by atoms with Crippen molar-refractivity contribution in [2.45, 2.75) is 13.1 Å². The Morgan fingerprint density at radius 2 is 2.06 bits per heavy atom. The first-order chi connectivity index (χ1) is 8.63. The van der Waals surface area contributed by atoms with E-state index in [2.05, 4.69) is 9.88 Å². The smallest absolute Gasteiger partial charge is 0.0543 e. The lowest BCUT2D eigenvalue weighted by atomic mass is 10.2. The summed E-state index contributed by atoms with van der Waals surface area (Å²) in [6, 6.07) is 11.6. The number of hydrogen-bond acceptors (Lipinski definition) is 3. The van der Waals surface area contributed by atoms with Gasteiger partial charge in [0.1, 0.15) is 0 Å². The molecule has 0 aliphatic carbocycles. The van der Waals surface area contributed by atoms with Gasteiger partial charge in [0.2, 0.25) is 0 Å². The van der Waals surface area contributed by atoms with Crippen molar-refractivity contribution in [3.8, 4) is 0 Å². The number of nitrogen functional groups attached to an aromatic ring is 1. The fourth-order valence-corrected chi connectivity index (χ4v) is 2.17. The lowest BCUT2D eigenvalue weighted by Gasteiger charge is -2.16. The molecule has 0 spiro atoms. The average Bonchev–Trinajstić information content (AvgIpc) is 2.28. The molecular weight excluding hydrogens is 246 g/mol. The number of anilines is 1. The van der Waals surface area contributed by atoms with Crippen molar-refractivity contribution in [3.05, 3.63) is 58.9 Å². The summed E-state index contributed by atoms with van der Waals surface area (Å²) in [5.74, 6) is 0. The van der Waals surface area contributed by atoms with Crippen LogP contribution in [0, 0.1) is 0 Å². The maximum Gasteiger partial charge on any atom is 0.0543 e. The molecule has 0 bridgehead atoms. The number of pyridine rings is 1. The van der Waals surface area contributed by atoms with Gasteiger partial charge in [0.15, 0.2) is 0 Å². The van der Waals surface area contributed by atoms with Crippen LogP contribution in [-0.4, -0.2) is 16.9 Å². The van der Waals surface area contributed by atoms with Gasteiger partial charge in [0, 0.05) is 30.0 Å². The second-order valence-electron chi connectivity index (χ2n) is 4.39. The first kappa shape index (κ1) is 12.9. The van der Waals surface area contributed by atoms with Crippen LogP contribution in [0.4, 0.5) is 5.69 Å². The molecule has 2 rings (SSSR count). The number of rotatable bonds is 4. The van der Waals surface area contributed by atoms with E-state index in [1.807, 2.05) is 37.4 Å². The molecule has 0 radical (unpaired) electrons. The summed E-state index contributed by atoms with van der Waals surface area (Å²) in [7, 11) is 2.05. The van der Waals surface area contributed by atoms with Gasteiger partial charge in [-0.2, -0.15) is 0 Å². The minimum atomic E-state index is 0.677. The van der Waals surface area contributed by atoms with Crippen molar-refractivity contribution in [2.75, 3.05) is 12.8 Å². The molecule has 2 aromatic rings. The number of halogens is 1. The third-order valence-electron chi connectivity index (χ3n) is 2.59. The average molecular weight is 262 g/mol. The Labute approximate surface area is 112 Å². The van der Waals surface area contributed by atoms with E-state index < -0.39 is 0 Å². The van der Waals surface area contributed by atoms with Crippen LogP contribution < -0.4 is 5.73 Å². The Balaban J connectivity index is 2.01. The molecule has 0 aliphatic heterocycles. The minimum Gasteiger partial charge on any atom is -0.399 e. The van der Waals surface area contributed by atoms with E-state index in [1.54, 1.807) is 12.3 Å². The quantitative estimate of drug-likeness (QED) is 0.861. The number of hydrogen-bond donors (Lipinski definition) is 1. The second kappa shape index (κ2) is 5.85. The Morgan fingerprint density at radius 1 is 1.22 bits per heavy atom. The molecule has 0 saturated heterocycles. The fraction of sp³-hybridized carbons (Fsp3) is 0.214. The zero-order chi connectivity index (χ0) is 13.0. The monoisotopic (exact) mass is 261 g/mol. The van der Waals surface area contributed by atoms with Crippen LogP contribution in [0.5, 0.6) is 0 Å². The summed E-state index contributed by atoms with van der Waals surface area (Å²) >= 11 is 5.98. The molecule has 0 atom stereocenters. The summed E-state index contributed by atoms with van der Waals surface area (Å²) in [5.41, 5.74) is 8.63. The Hall–Kier alpha value is -1.58. The molecule has 18 heavy (non-hydrogen) atoms. The summed E-state index contributed by atoms with van der Waals surface area (Å²) < 4.78 is 0. The highest BCUT2D eigenvalue weighted by atomic mass is 35.5. The summed E-state index contributed by atoms with van der Waals surface area (Å²) in [6.45, 7) is 1.59. The van der Waals surface area contributed by atoms with Crippen LogP contribution in [0.25, 0.3) is 0 Å². The molecular formula is C14H16ClN3. The molecule has 0 fully saturated rings. The van der Waals surface area contributed by atoms with E-state index in [1.165, 1.54) is 0 Å². The molecule has 0 aliphatic rings. The third-order valence-corrected chi connectivity index (χ3v) is 2.81. The predicted molar refractivity (Wildman–Crippen MR) is 75.3 cm³/mol. The zero-order valence-electron chi connectivity index (χ0n) is 10.3. The molecule has 1 heterocycles. The molecule has 94 valence electrons. The van der Waals surface area contributed by atoms with Crippen molar-refractivity contribution in [3.63, 3.8) is 0 Å². The Bertz CT molecular complexity index is 493. The highest BCUT2D eigenvalue weighted by molar-refractivity contribution is 6.30. The van der Waals surface area contributed by atoms with Gasteiger partial charge in [-0.25, -0.2) is 0 Å². The van der Waals surface area contributed by atoms with Gasteiger partial charge in [0.25, 0.3) is 0 Å². The molecule has 0 unspecified atom stereocenters. The van der Waals surface area contributed by atoms with Crippen LogP contribution in [0.15, 0.2) is 42.6 Å². The van der Waals surface area contributed by atoms with Crippen molar-refractivity contribution < 1.29 is 0 Å². The molecule has 4 heteroatoms. The molecule has 0 saturated carbocycles. The maximum absolute atomic E-state index is 5.98. The Morgan fingerprint density at radius 3 is 2.72 bits per heavy atom. The van der Waals surface area contributed by atoms with E-state index in [0.717, 1.165) is 24.3 Å². The maximum atomic E-state index is 5.98. The normalized spacial score (nSPS) is 10.8. The molecule has 0 amide bonds. The van der Waals surface area contributed by atoms with Gasteiger partial charge < -0.3 is 5.73 Å². The topological polar surface area (TPSA) is 42.1 Å². The van der Waals surface area contributed by atoms with Gasteiger partial charge in [-0.3, -0.25) is 9.88 Å². The van der Waals surface area contributed by atoms with Crippen LogP contribution in [0.2, 0.25) is 5.02 Å². The SMILES string of the molecule is CN(Cc1cc(N)cc(Cl)c1)Cc1ccccn1.